The van der Waals surface area contributed by atoms with E-state index in [9.17, 15) is 9.59 Å². The van der Waals surface area contributed by atoms with Crippen LogP contribution in [0.15, 0.2) is 18.2 Å². The molecule has 1 aliphatic carbocycles. The highest BCUT2D eigenvalue weighted by Gasteiger charge is 2.34. The topological polar surface area (TPSA) is 37.4 Å². The molecule has 0 saturated heterocycles. The van der Waals surface area contributed by atoms with Crippen molar-refractivity contribution in [2.24, 2.45) is 11.8 Å². The summed E-state index contributed by atoms with van der Waals surface area (Å²) in [5.41, 5.74) is 2.70. The van der Waals surface area contributed by atoms with E-state index in [4.69, 9.17) is 0 Å². The van der Waals surface area contributed by atoms with Crippen molar-refractivity contribution in [2.75, 3.05) is 11.9 Å². The predicted octanol–water partition coefficient (Wildman–Crippen LogP) is 2.43. The number of benzene rings is 1. The third kappa shape index (κ3) is 1.57. The van der Waals surface area contributed by atoms with Crippen molar-refractivity contribution < 1.29 is 9.59 Å². The Labute approximate surface area is 107 Å². The summed E-state index contributed by atoms with van der Waals surface area (Å²) in [4.78, 5) is 25.6. The molecule has 1 aromatic carbocycles. The molecule has 1 fully saturated rings. The lowest BCUT2D eigenvalue weighted by atomic mass is 9.71. The Morgan fingerprint density at radius 2 is 2.11 bits per heavy atom. The zero-order valence-corrected chi connectivity index (χ0v) is 10.8. The fourth-order valence-corrected chi connectivity index (χ4v) is 2.89. The summed E-state index contributed by atoms with van der Waals surface area (Å²) in [6.45, 7) is 2.14. The van der Waals surface area contributed by atoms with Crippen LogP contribution in [0, 0.1) is 11.8 Å². The standard InChI is InChI=1S/C15H17NO2/c1-9-3-5-12(9)15(18)10-4-6-13-11(7-10)8-14(17)16(13)2/h4,6-7,9,12H,3,5,8H2,1-2H3/t9-,12+/m1/s1. The number of rotatable bonds is 2. The van der Waals surface area contributed by atoms with Gasteiger partial charge in [0.25, 0.3) is 0 Å². The third-order valence-electron chi connectivity index (χ3n) is 4.40. The zero-order chi connectivity index (χ0) is 12.9. The smallest absolute Gasteiger partial charge is 0.231 e. The van der Waals surface area contributed by atoms with Gasteiger partial charge in [-0.15, -0.1) is 0 Å². The Kier molecular flexibility index (Phi) is 2.51. The molecule has 3 heteroatoms. The van der Waals surface area contributed by atoms with E-state index in [0.717, 1.165) is 29.7 Å². The lowest BCUT2D eigenvalue weighted by molar-refractivity contribution is -0.117. The van der Waals surface area contributed by atoms with Crippen molar-refractivity contribution in [1.82, 2.24) is 0 Å². The first-order valence-electron chi connectivity index (χ1n) is 6.51. The molecule has 2 aliphatic rings. The van der Waals surface area contributed by atoms with Crippen LogP contribution >= 0.6 is 0 Å². The number of nitrogens with zero attached hydrogens (tertiary/aromatic N) is 1. The number of carbonyl (C=O) groups excluding carboxylic acids is 2. The van der Waals surface area contributed by atoms with Gasteiger partial charge in [0.2, 0.25) is 5.91 Å². The van der Waals surface area contributed by atoms with Gasteiger partial charge in [-0.3, -0.25) is 9.59 Å². The number of fused-ring (bicyclic) bond motifs is 1. The molecular formula is C15H17NO2. The van der Waals surface area contributed by atoms with Crippen molar-refractivity contribution in [3.05, 3.63) is 29.3 Å². The lowest BCUT2D eigenvalue weighted by Gasteiger charge is -2.32. The number of ketones is 1. The highest BCUT2D eigenvalue weighted by atomic mass is 16.2. The summed E-state index contributed by atoms with van der Waals surface area (Å²) < 4.78 is 0. The van der Waals surface area contributed by atoms with Gasteiger partial charge in [0, 0.05) is 24.2 Å². The normalized spacial score (nSPS) is 25.9. The average molecular weight is 243 g/mol. The Hall–Kier alpha value is -1.64. The van der Waals surface area contributed by atoms with Crippen LogP contribution in [0.3, 0.4) is 0 Å². The van der Waals surface area contributed by atoms with Gasteiger partial charge in [0.1, 0.15) is 0 Å². The predicted molar refractivity (Wildman–Crippen MR) is 69.8 cm³/mol. The van der Waals surface area contributed by atoms with Crippen LogP contribution in [-0.4, -0.2) is 18.7 Å². The maximum Gasteiger partial charge on any atom is 0.231 e. The van der Waals surface area contributed by atoms with Crippen molar-refractivity contribution in [3.63, 3.8) is 0 Å². The molecule has 1 heterocycles. The molecule has 0 spiro atoms. The molecule has 3 rings (SSSR count). The van der Waals surface area contributed by atoms with Crippen LogP contribution in [0.25, 0.3) is 0 Å². The Morgan fingerprint density at radius 1 is 1.33 bits per heavy atom. The molecule has 2 atom stereocenters. The summed E-state index contributed by atoms with van der Waals surface area (Å²) in [5, 5.41) is 0. The molecule has 1 amide bonds. The second-order valence-corrected chi connectivity index (χ2v) is 5.50. The first kappa shape index (κ1) is 11.5. The molecule has 0 radical (unpaired) electrons. The number of Topliss-reactive ketones (excluding diaryl/α,β-unsaturated/α-hetero) is 1. The molecule has 94 valence electrons. The molecule has 18 heavy (non-hydrogen) atoms. The second kappa shape index (κ2) is 3.94. The van der Waals surface area contributed by atoms with E-state index in [1.807, 2.05) is 18.2 Å². The lowest BCUT2D eigenvalue weighted by Crippen LogP contribution is -2.30. The SMILES string of the molecule is C[C@@H]1CC[C@@H]1C(=O)c1ccc2c(c1)CC(=O)N2C. The van der Waals surface area contributed by atoms with Crippen LogP contribution in [0.2, 0.25) is 0 Å². The van der Waals surface area contributed by atoms with Gasteiger partial charge in [-0.1, -0.05) is 6.92 Å². The molecular weight excluding hydrogens is 226 g/mol. The summed E-state index contributed by atoms with van der Waals surface area (Å²) in [6, 6.07) is 5.67. The minimum atomic E-state index is 0.103. The number of amides is 1. The highest BCUT2D eigenvalue weighted by Crippen LogP contribution is 2.37. The van der Waals surface area contributed by atoms with E-state index in [1.165, 1.54) is 0 Å². The van der Waals surface area contributed by atoms with E-state index in [-0.39, 0.29) is 17.6 Å². The van der Waals surface area contributed by atoms with Crippen molar-refractivity contribution in [2.45, 2.75) is 26.2 Å². The molecule has 0 unspecified atom stereocenters. The van der Waals surface area contributed by atoms with E-state index < -0.39 is 0 Å². The van der Waals surface area contributed by atoms with Crippen molar-refractivity contribution >= 4 is 17.4 Å². The second-order valence-electron chi connectivity index (χ2n) is 5.50. The van der Waals surface area contributed by atoms with E-state index in [1.54, 1.807) is 11.9 Å². The molecule has 1 saturated carbocycles. The first-order chi connectivity index (χ1) is 8.58. The molecule has 1 aromatic rings. The number of likely N-dealkylation sites (N-methyl/N-ethyl adjacent to an activating group) is 1. The molecule has 0 aromatic heterocycles. The van der Waals surface area contributed by atoms with Gasteiger partial charge in [-0.2, -0.15) is 0 Å². The zero-order valence-electron chi connectivity index (χ0n) is 10.8. The monoisotopic (exact) mass is 243 g/mol. The van der Waals surface area contributed by atoms with Gasteiger partial charge < -0.3 is 4.90 Å². The molecule has 3 nitrogen and oxygen atoms in total. The van der Waals surface area contributed by atoms with Gasteiger partial charge >= 0.3 is 0 Å². The van der Waals surface area contributed by atoms with Crippen molar-refractivity contribution in [1.29, 1.82) is 0 Å². The molecule has 0 bridgehead atoms. The minimum absolute atomic E-state index is 0.103. The summed E-state index contributed by atoms with van der Waals surface area (Å²) in [5.74, 6) is 1.05. The summed E-state index contributed by atoms with van der Waals surface area (Å²) >= 11 is 0. The van der Waals surface area contributed by atoms with Gasteiger partial charge in [-0.25, -0.2) is 0 Å². The number of carbonyl (C=O) groups is 2. The van der Waals surface area contributed by atoms with Crippen molar-refractivity contribution in [3.8, 4) is 0 Å². The highest BCUT2D eigenvalue weighted by molar-refractivity contribution is 6.04. The van der Waals surface area contributed by atoms with E-state index >= 15 is 0 Å². The van der Waals surface area contributed by atoms with E-state index in [2.05, 4.69) is 6.92 Å². The fourth-order valence-electron chi connectivity index (χ4n) is 2.89. The average Bonchev–Trinajstić information content (AvgIpc) is 2.62. The fraction of sp³-hybridized carbons (Fsp3) is 0.467. The van der Waals surface area contributed by atoms with E-state index in [0.29, 0.717) is 12.3 Å². The van der Waals surface area contributed by atoms with Crippen LogP contribution < -0.4 is 4.90 Å². The van der Waals surface area contributed by atoms with Crippen LogP contribution in [0.5, 0.6) is 0 Å². The number of hydrogen-bond donors (Lipinski definition) is 0. The van der Waals surface area contributed by atoms with Gasteiger partial charge in [0.05, 0.1) is 6.42 Å². The van der Waals surface area contributed by atoms with Crippen LogP contribution in [0.4, 0.5) is 5.69 Å². The number of anilines is 1. The summed E-state index contributed by atoms with van der Waals surface area (Å²) in [7, 11) is 1.78. The summed E-state index contributed by atoms with van der Waals surface area (Å²) in [6.07, 6.45) is 2.59. The molecule has 0 N–H and O–H groups in total. The Balaban J connectivity index is 1.90. The molecule has 1 aliphatic heterocycles. The van der Waals surface area contributed by atoms with Crippen LogP contribution in [0.1, 0.15) is 35.7 Å². The largest absolute Gasteiger partial charge is 0.315 e. The quantitative estimate of drug-likeness (QED) is 0.748. The Bertz CT molecular complexity index is 535. The maximum absolute atomic E-state index is 12.3. The Morgan fingerprint density at radius 3 is 2.72 bits per heavy atom. The third-order valence-corrected chi connectivity index (χ3v) is 4.40. The maximum atomic E-state index is 12.3. The van der Waals surface area contributed by atoms with Gasteiger partial charge in [0.15, 0.2) is 5.78 Å². The van der Waals surface area contributed by atoms with Crippen LogP contribution in [-0.2, 0) is 11.2 Å². The number of hydrogen-bond acceptors (Lipinski definition) is 2. The first-order valence-corrected chi connectivity index (χ1v) is 6.51. The van der Waals surface area contributed by atoms with Gasteiger partial charge in [-0.05, 0) is 42.5 Å². The minimum Gasteiger partial charge on any atom is -0.315 e.